The Bertz CT molecular complexity index is 997. The molecule has 0 saturated heterocycles. The third kappa shape index (κ3) is 5.39. The van der Waals surface area contributed by atoms with Crippen molar-refractivity contribution in [2.75, 3.05) is 14.2 Å². The predicted octanol–water partition coefficient (Wildman–Crippen LogP) is 5.80. The maximum absolute atomic E-state index is 6.09. The molecule has 0 fully saturated rings. The molecule has 5 heteroatoms. The van der Waals surface area contributed by atoms with Crippen LogP contribution < -0.4 is 18.9 Å². The Morgan fingerprint density at radius 3 is 1.83 bits per heavy atom. The minimum Gasteiger partial charge on any atom is -0.493 e. The van der Waals surface area contributed by atoms with Crippen LogP contribution in [0.1, 0.15) is 6.92 Å². The fourth-order valence-electron chi connectivity index (χ4n) is 2.54. The van der Waals surface area contributed by atoms with Gasteiger partial charge in [0.25, 0.3) is 0 Å². The zero-order valence-corrected chi connectivity index (χ0v) is 16.7. The molecule has 0 amide bonds. The molecule has 5 nitrogen and oxygen atoms in total. The Morgan fingerprint density at radius 2 is 1.21 bits per heavy atom. The van der Waals surface area contributed by atoms with Crippen molar-refractivity contribution in [3.05, 3.63) is 90.7 Å². The molecule has 0 radical (unpaired) electrons. The van der Waals surface area contributed by atoms with Gasteiger partial charge < -0.3 is 18.9 Å². The lowest BCUT2D eigenvalue weighted by Gasteiger charge is -2.13. The molecule has 0 aliphatic heterocycles. The molecule has 29 heavy (non-hydrogen) atoms. The summed E-state index contributed by atoms with van der Waals surface area (Å²) in [6.07, 6.45) is 1.59. The Hall–Kier alpha value is -3.73. The van der Waals surface area contributed by atoms with Crippen LogP contribution in [0.15, 0.2) is 95.7 Å². The maximum atomic E-state index is 6.09. The van der Waals surface area contributed by atoms with Crippen molar-refractivity contribution < 1.29 is 18.9 Å². The van der Waals surface area contributed by atoms with Crippen LogP contribution in [-0.4, -0.2) is 20.1 Å². The molecule has 0 N–H and O–H groups in total. The number of rotatable bonds is 7. The molecule has 0 heterocycles. The summed E-state index contributed by atoms with van der Waals surface area (Å²) < 4.78 is 22.6. The summed E-state index contributed by atoms with van der Waals surface area (Å²) in [5, 5.41) is 0. The Labute approximate surface area is 170 Å². The van der Waals surface area contributed by atoms with E-state index >= 15 is 0 Å². The van der Waals surface area contributed by atoms with E-state index in [1.165, 1.54) is 0 Å². The van der Waals surface area contributed by atoms with E-state index in [0.717, 1.165) is 5.69 Å². The van der Waals surface area contributed by atoms with Crippen LogP contribution in [0, 0.1) is 0 Å². The van der Waals surface area contributed by atoms with E-state index < -0.39 is 0 Å². The van der Waals surface area contributed by atoms with Crippen LogP contribution in [0.2, 0.25) is 0 Å². The first-order chi connectivity index (χ1) is 14.2. The molecule has 3 rings (SSSR count). The lowest BCUT2D eigenvalue weighted by molar-refractivity contribution is 0.376. The number of hydrogen-bond donors (Lipinski definition) is 0. The topological polar surface area (TPSA) is 49.3 Å². The minimum atomic E-state index is 0.399. The number of methoxy groups -OCH3 is 2. The van der Waals surface area contributed by atoms with Gasteiger partial charge in [-0.2, -0.15) is 0 Å². The average Bonchev–Trinajstić information content (AvgIpc) is 2.78. The third-order valence-corrected chi connectivity index (χ3v) is 4.03. The fourth-order valence-corrected chi connectivity index (χ4v) is 2.54. The summed E-state index contributed by atoms with van der Waals surface area (Å²) >= 11 is 0. The molecule has 0 spiro atoms. The SMILES string of the molecule is COc1ccccc1O/C=C(\C)C(=Nc1ccccc1)Oc1ccccc1OC. The highest BCUT2D eigenvalue weighted by Gasteiger charge is 2.12. The summed E-state index contributed by atoms with van der Waals surface area (Å²) in [6, 6.07) is 24.4. The van der Waals surface area contributed by atoms with Gasteiger partial charge in [-0.25, -0.2) is 4.99 Å². The second-order valence-electron chi connectivity index (χ2n) is 6.08. The van der Waals surface area contributed by atoms with Gasteiger partial charge in [-0.1, -0.05) is 42.5 Å². The van der Waals surface area contributed by atoms with Gasteiger partial charge >= 0.3 is 0 Å². The number of benzene rings is 3. The van der Waals surface area contributed by atoms with Crippen molar-refractivity contribution in [2.24, 2.45) is 4.99 Å². The van der Waals surface area contributed by atoms with Crippen LogP contribution in [0.5, 0.6) is 23.0 Å². The Kier molecular flexibility index (Phi) is 6.90. The summed E-state index contributed by atoms with van der Waals surface area (Å²) in [7, 11) is 3.20. The van der Waals surface area contributed by atoms with Crippen LogP contribution in [-0.2, 0) is 0 Å². The van der Waals surface area contributed by atoms with Crippen molar-refractivity contribution >= 4 is 11.6 Å². The molecule has 148 valence electrons. The lowest BCUT2D eigenvalue weighted by Crippen LogP contribution is -2.11. The Balaban J connectivity index is 1.92. The standard InChI is InChI=1S/C24H23NO4/c1-18(17-28-22-15-9-7-13-20(22)26-2)24(25-19-11-5-4-6-12-19)29-23-16-10-8-14-21(23)27-3/h4-17H,1-3H3/b18-17+,25-24?. The lowest BCUT2D eigenvalue weighted by atomic mass is 10.3. The molecule has 0 aliphatic rings. The van der Waals surface area contributed by atoms with Crippen LogP contribution in [0.25, 0.3) is 0 Å². The summed E-state index contributed by atoms with van der Waals surface area (Å²) in [5.41, 5.74) is 1.47. The van der Waals surface area contributed by atoms with E-state index in [1.807, 2.05) is 85.8 Å². The molecule has 3 aromatic carbocycles. The van der Waals surface area contributed by atoms with Crippen molar-refractivity contribution in [3.8, 4) is 23.0 Å². The minimum absolute atomic E-state index is 0.399. The number of aliphatic imine (C=N–C) groups is 1. The first-order valence-electron chi connectivity index (χ1n) is 9.12. The highest BCUT2D eigenvalue weighted by Crippen LogP contribution is 2.29. The van der Waals surface area contributed by atoms with E-state index in [2.05, 4.69) is 4.99 Å². The van der Waals surface area contributed by atoms with Gasteiger partial charge in [0.2, 0.25) is 5.90 Å². The molecular formula is C24H23NO4. The van der Waals surface area contributed by atoms with E-state index in [9.17, 15) is 0 Å². The first kappa shape index (κ1) is 20.0. The molecule has 3 aromatic rings. The number of ether oxygens (including phenoxy) is 4. The van der Waals surface area contributed by atoms with Crippen LogP contribution in [0.3, 0.4) is 0 Å². The molecule has 0 bridgehead atoms. The smallest absolute Gasteiger partial charge is 0.226 e. The molecule has 0 aliphatic carbocycles. The van der Waals surface area contributed by atoms with Crippen LogP contribution in [0.4, 0.5) is 5.69 Å². The highest BCUT2D eigenvalue weighted by molar-refractivity contribution is 5.96. The fraction of sp³-hybridized carbons (Fsp3) is 0.125. The molecule has 0 saturated carbocycles. The monoisotopic (exact) mass is 389 g/mol. The number of nitrogens with zero attached hydrogens (tertiary/aromatic N) is 1. The average molecular weight is 389 g/mol. The second-order valence-corrected chi connectivity index (χ2v) is 6.08. The van der Waals surface area contributed by atoms with Gasteiger partial charge in [0.15, 0.2) is 23.0 Å². The van der Waals surface area contributed by atoms with E-state index in [1.54, 1.807) is 20.5 Å². The molecular weight excluding hydrogens is 366 g/mol. The zero-order valence-electron chi connectivity index (χ0n) is 16.7. The first-order valence-corrected chi connectivity index (χ1v) is 9.12. The van der Waals surface area contributed by atoms with E-state index in [0.29, 0.717) is 34.5 Å². The molecule has 0 atom stereocenters. The van der Waals surface area contributed by atoms with Crippen molar-refractivity contribution in [1.29, 1.82) is 0 Å². The zero-order chi connectivity index (χ0) is 20.5. The van der Waals surface area contributed by atoms with Gasteiger partial charge in [-0.3, -0.25) is 0 Å². The number of hydrogen-bond acceptors (Lipinski definition) is 5. The van der Waals surface area contributed by atoms with Gasteiger partial charge in [0.1, 0.15) is 0 Å². The van der Waals surface area contributed by atoms with Crippen molar-refractivity contribution in [2.45, 2.75) is 6.92 Å². The molecule has 0 unspecified atom stereocenters. The van der Waals surface area contributed by atoms with Crippen molar-refractivity contribution in [3.63, 3.8) is 0 Å². The number of para-hydroxylation sites is 5. The van der Waals surface area contributed by atoms with E-state index in [4.69, 9.17) is 18.9 Å². The third-order valence-electron chi connectivity index (χ3n) is 4.03. The maximum Gasteiger partial charge on any atom is 0.226 e. The Morgan fingerprint density at radius 1 is 0.690 bits per heavy atom. The summed E-state index contributed by atoms with van der Waals surface area (Å²) in [6.45, 7) is 1.87. The van der Waals surface area contributed by atoms with Crippen molar-refractivity contribution in [1.82, 2.24) is 0 Å². The highest BCUT2D eigenvalue weighted by atomic mass is 16.5. The summed E-state index contributed by atoms with van der Waals surface area (Å²) in [5.74, 6) is 2.83. The van der Waals surface area contributed by atoms with Crippen LogP contribution >= 0.6 is 0 Å². The summed E-state index contributed by atoms with van der Waals surface area (Å²) in [4.78, 5) is 4.64. The second kappa shape index (κ2) is 9.99. The van der Waals surface area contributed by atoms with E-state index in [-0.39, 0.29) is 0 Å². The van der Waals surface area contributed by atoms with Gasteiger partial charge in [-0.05, 0) is 43.3 Å². The largest absolute Gasteiger partial charge is 0.493 e. The van der Waals surface area contributed by atoms with Gasteiger partial charge in [-0.15, -0.1) is 0 Å². The normalized spacial score (nSPS) is 11.7. The molecule has 0 aromatic heterocycles. The van der Waals surface area contributed by atoms with Gasteiger partial charge in [0.05, 0.1) is 26.2 Å². The quantitative estimate of drug-likeness (QED) is 0.291. The van der Waals surface area contributed by atoms with Gasteiger partial charge in [0, 0.05) is 5.57 Å². The predicted molar refractivity (Wildman–Crippen MR) is 115 cm³/mol.